The molecule has 1 atom stereocenters. The molecule has 4 rings (SSSR count). The molecule has 1 unspecified atom stereocenters. The molecule has 4 heteroatoms. The zero-order chi connectivity index (χ0) is 21.0. The molecule has 1 heterocycles. The van der Waals surface area contributed by atoms with Crippen molar-refractivity contribution in [3.63, 3.8) is 0 Å². The Bertz CT molecular complexity index is 920. The molecule has 156 valence electrons. The minimum absolute atomic E-state index is 0.0264. The summed E-state index contributed by atoms with van der Waals surface area (Å²) < 4.78 is 0. The fourth-order valence-electron chi connectivity index (χ4n) is 4.61. The molecule has 30 heavy (non-hydrogen) atoms. The Kier molecular flexibility index (Phi) is 6.03. The van der Waals surface area contributed by atoms with E-state index in [-0.39, 0.29) is 17.7 Å². The van der Waals surface area contributed by atoms with Crippen LogP contribution < -0.4 is 5.32 Å². The standard InChI is InChI=1S/C26H30N2O2/c1-2-16-27-25(30)26(15-8-17-28(19-26)24(29)21-13-14-21)18-22-11-6-7-12-23(22)20-9-4-3-5-10-20/h2-7,9-12,21H,1,8,13-19H2,(H,27,30). The number of amides is 2. The fourth-order valence-corrected chi connectivity index (χ4v) is 4.61. The van der Waals surface area contributed by atoms with Crippen molar-refractivity contribution < 1.29 is 9.59 Å². The summed E-state index contributed by atoms with van der Waals surface area (Å²) in [5.41, 5.74) is 2.84. The maximum Gasteiger partial charge on any atom is 0.228 e. The third-order valence-corrected chi connectivity index (χ3v) is 6.33. The third-order valence-electron chi connectivity index (χ3n) is 6.33. The first-order valence-electron chi connectivity index (χ1n) is 10.9. The lowest BCUT2D eigenvalue weighted by atomic mass is 9.73. The number of benzene rings is 2. The van der Waals surface area contributed by atoms with E-state index in [2.05, 4.69) is 36.2 Å². The molecule has 0 radical (unpaired) electrons. The van der Waals surface area contributed by atoms with Crippen LogP contribution >= 0.6 is 0 Å². The molecule has 1 aliphatic carbocycles. The Morgan fingerprint density at radius 2 is 1.83 bits per heavy atom. The molecule has 1 aliphatic heterocycles. The van der Waals surface area contributed by atoms with Crippen molar-refractivity contribution >= 4 is 11.8 Å². The highest BCUT2D eigenvalue weighted by atomic mass is 16.2. The van der Waals surface area contributed by atoms with Crippen molar-refractivity contribution in [1.82, 2.24) is 10.2 Å². The molecule has 0 spiro atoms. The van der Waals surface area contributed by atoms with Crippen molar-refractivity contribution in [3.05, 3.63) is 72.8 Å². The van der Waals surface area contributed by atoms with Gasteiger partial charge in [0, 0.05) is 25.6 Å². The van der Waals surface area contributed by atoms with E-state index in [4.69, 9.17) is 0 Å². The van der Waals surface area contributed by atoms with Gasteiger partial charge in [-0.2, -0.15) is 0 Å². The molecule has 0 aromatic heterocycles. The average molecular weight is 403 g/mol. The van der Waals surface area contributed by atoms with Gasteiger partial charge in [0.1, 0.15) is 0 Å². The van der Waals surface area contributed by atoms with Crippen LogP contribution in [0.25, 0.3) is 11.1 Å². The molecular weight excluding hydrogens is 372 g/mol. The molecule has 2 amide bonds. The summed E-state index contributed by atoms with van der Waals surface area (Å²) in [7, 11) is 0. The molecule has 2 aromatic rings. The average Bonchev–Trinajstić information content (AvgIpc) is 3.63. The summed E-state index contributed by atoms with van der Waals surface area (Å²) >= 11 is 0. The number of hydrogen-bond donors (Lipinski definition) is 1. The van der Waals surface area contributed by atoms with Crippen LogP contribution in [0, 0.1) is 11.3 Å². The predicted molar refractivity (Wildman–Crippen MR) is 120 cm³/mol. The summed E-state index contributed by atoms with van der Waals surface area (Å²) in [6.45, 7) is 5.43. The van der Waals surface area contributed by atoms with Gasteiger partial charge in [0.25, 0.3) is 0 Å². The number of carbonyl (C=O) groups is 2. The number of piperidine rings is 1. The molecule has 1 saturated heterocycles. The van der Waals surface area contributed by atoms with E-state index in [0.717, 1.165) is 48.9 Å². The van der Waals surface area contributed by atoms with Gasteiger partial charge in [-0.1, -0.05) is 60.7 Å². The van der Waals surface area contributed by atoms with Crippen LogP contribution in [0.1, 0.15) is 31.2 Å². The molecular formula is C26H30N2O2. The van der Waals surface area contributed by atoms with Gasteiger partial charge < -0.3 is 10.2 Å². The topological polar surface area (TPSA) is 49.4 Å². The van der Waals surface area contributed by atoms with Crippen molar-refractivity contribution in [1.29, 1.82) is 0 Å². The first-order chi connectivity index (χ1) is 14.6. The number of carbonyl (C=O) groups excluding carboxylic acids is 2. The monoisotopic (exact) mass is 402 g/mol. The van der Waals surface area contributed by atoms with Gasteiger partial charge in [-0.15, -0.1) is 6.58 Å². The lowest BCUT2D eigenvalue weighted by Gasteiger charge is -2.42. The number of rotatable bonds is 7. The molecule has 1 N–H and O–H groups in total. The number of likely N-dealkylation sites (tertiary alicyclic amines) is 1. The van der Waals surface area contributed by atoms with Gasteiger partial charge in [-0.3, -0.25) is 9.59 Å². The number of nitrogens with one attached hydrogen (secondary N) is 1. The largest absolute Gasteiger partial charge is 0.352 e. The minimum atomic E-state index is -0.614. The normalized spacial score (nSPS) is 21.1. The maximum atomic E-state index is 13.4. The lowest BCUT2D eigenvalue weighted by molar-refractivity contribution is -0.142. The van der Waals surface area contributed by atoms with Crippen LogP contribution in [0.4, 0.5) is 0 Å². The van der Waals surface area contributed by atoms with Crippen molar-refractivity contribution in [2.45, 2.75) is 32.1 Å². The highest BCUT2D eigenvalue weighted by molar-refractivity contribution is 5.86. The Hall–Kier alpha value is -2.88. The lowest BCUT2D eigenvalue weighted by Crippen LogP contribution is -2.54. The zero-order valence-electron chi connectivity index (χ0n) is 17.5. The van der Waals surface area contributed by atoms with E-state index >= 15 is 0 Å². The minimum Gasteiger partial charge on any atom is -0.352 e. The maximum absolute atomic E-state index is 13.4. The Morgan fingerprint density at radius 3 is 2.57 bits per heavy atom. The van der Waals surface area contributed by atoms with E-state index in [1.54, 1.807) is 6.08 Å². The molecule has 4 nitrogen and oxygen atoms in total. The van der Waals surface area contributed by atoms with Crippen molar-refractivity contribution in [3.8, 4) is 11.1 Å². The second-order valence-electron chi connectivity index (χ2n) is 8.62. The van der Waals surface area contributed by atoms with Crippen LogP contribution in [0.5, 0.6) is 0 Å². The van der Waals surface area contributed by atoms with Crippen molar-refractivity contribution in [2.24, 2.45) is 11.3 Å². The second kappa shape index (κ2) is 8.86. The number of nitrogens with zero attached hydrogens (tertiary/aromatic N) is 1. The first kappa shape index (κ1) is 20.4. The van der Waals surface area contributed by atoms with Crippen LogP contribution in [-0.2, 0) is 16.0 Å². The molecule has 2 aromatic carbocycles. The molecule has 1 saturated carbocycles. The van der Waals surface area contributed by atoms with E-state index in [0.29, 0.717) is 19.5 Å². The van der Waals surface area contributed by atoms with Crippen molar-refractivity contribution in [2.75, 3.05) is 19.6 Å². The number of hydrogen-bond acceptors (Lipinski definition) is 2. The Morgan fingerprint density at radius 1 is 1.10 bits per heavy atom. The van der Waals surface area contributed by atoms with Gasteiger partial charge in [-0.25, -0.2) is 0 Å². The predicted octanol–water partition coefficient (Wildman–Crippen LogP) is 4.22. The molecule has 2 fully saturated rings. The van der Waals surface area contributed by atoms with Crippen LogP contribution in [0.2, 0.25) is 0 Å². The smallest absolute Gasteiger partial charge is 0.228 e. The molecule has 0 bridgehead atoms. The first-order valence-corrected chi connectivity index (χ1v) is 10.9. The third kappa shape index (κ3) is 4.33. The van der Waals surface area contributed by atoms with Gasteiger partial charge in [-0.05, 0) is 48.8 Å². The van der Waals surface area contributed by atoms with E-state index < -0.39 is 5.41 Å². The van der Waals surface area contributed by atoms with Gasteiger partial charge in [0.2, 0.25) is 11.8 Å². The highest BCUT2D eigenvalue weighted by Crippen LogP contribution is 2.39. The summed E-state index contributed by atoms with van der Waals surface area (Å²) in [6, 6.07) is 18.6. The van der Waals surface area contributed by atoms with Gasteiger partial charge in [0.05, 0.1) is 5.41 Å². The van der Waals surface area contributed by atoms with Gasteiger partial charge >= 0.3 is 0 Å². The summed E-state index contributed by atoms with van der Waals surface area (Å²) in [4.78, 5) is 28.1. The fraction of sp³-hybridized carbons (Fsp3) is 0.385. The summed E-state index contributed by atoms with van der Waals surface area (Å²) in [6.07, 6.45) is 5.94. The second-order valence-corrected chi connectivity index (χ2v) is 8.62. The SMILES string of the molecule is C=CCNC(=O)C1(Cc2ccccc2-c2ccccc2)CCCN(C(=O)C2CC2)C1. The van der Waals surface area contributed by atoms with Crippen LogP contribution in [0.3, 0.4) is 0 Å². The van der Waals surface area contributed by atoms with E-state index in [1.807, 2.05) is 35.2 Å². The Labute approximate surface area is 179 Å². The van der Waals surface area contributed by atoms with Crippen LogP contribution in [-0.4, -0.2) is 36.3 Å². The summed E-state index contributed by atoms with van der Waals surface area (Å²) in [5.74, 6) is 0.430. The van der Waals surface area contributed by atoms with Gasteiger partial charge in [0.15, 0.2) is 0 Å². The van der Waals surface area contributed by atoms with E-state index in [9.17, 15) is 9.59 Å². The molecule has 2 aliphatic rings. The highest BCUT2D eigenvalue weighted by Gasteiger charge is 2.45. The summed E-state index contributed by atoms with van der Waals surface area (Å²) in [5, 5.41) is 3.03. The van der Waals surface area contributed by atoms with E-state index in [1.165, 1.54) is 0 Å². The zero-order valence-corrected chi connectivity index (χ0v) is 17.5. The quantitative estimate of drug-likeness (QED) is 0.705. The van der Waals surface area contributed by atoms with Crippen LogP contribution in [0.15, 0.2) is 67.3 Å². The Balaban J connectivity index is 1.66.